The van der Waals surface area contributed by atoms with E-state index < -0.39 is 11.7 Å². The Kier molecular flexibility index (Phi) is 6.68. The molecule has 23 heavy (non-hydrogen) atoms. The van der Waals surface area contributed by atoms with E-state index in [9.17, 15) is 9.59 Å². The van der Waals surface area contributed by atoms with Gasteiger partial charge in [0.25, 0.3) is 5.91 Å². The van der Waals surface area contributed by atoms with E-state index in [1.807, 2.05) is 0 Å². The number of para-hydroxylation sites is 1. The molecular formula is C16H24N2O5. The summed E-state index contributed by atoms with van der Waals surface area (Å²) in [6, 6.07) is 5.05. The minimum atomic E-state index is -0.554. The molecule has 0 heterocycles. The maximum absolute atomic E-state index is 12.2. The van der Waals surface area contributed by atoms with Gasteiger partial charge in [-0.15, -0.1) is 0 Å². The predicted molar refractivity (Wildman–Crippen MR) is 86.1 cm³/mol. The maximum Gasteiger partial charge on any atom is 0.407 e. The van der Waals surface area contributed by atoms with Crippen molar-refractivity contribution in [3.05, 3.63) is 23.8 Å². The summed E-state index contributed by atoms with van der Waals surface area (Å²) in [4.78, 5) is 23.7. The third kappa shape index (κ3) is 6.06. The normalized spacial score (nSPS) is 10.7. The third-order valence-corrected chi connectivity index (χ3v) is 2.73. The van der Waals surface area contributed by atoms with Gasteiger partial charge in [-0.3, -0.25) is 4.79 Å². The predicted octanol–water partition coefficient (Wildman–Crippen LogP) is 1.96. The first-order chi connectivity index (χ1) is 10.8. The second-order valence-corrected chi connectivity index (χ2v) is 5.73. The van der Waals surface area contributed by atoms with Crippen LogP contribution in [0.2, 0.25) is 0 Å². The van der Waals surface area contributed by atoms with Gasteiger partial charge in [-0.05, 0) is 32.9 Å². The van der Waals surface area contributed by atoms with Gasteiger partial charge in [0.1, 0.15) is 5.60 Å². The van der Waals surface area contributed by atoms with Crippen LogP contribution in [0.5, 0.6) is 11.5 Å². The number of hydrogen-bond donors (Lipinski definition) is 2. The Morgan fingerprint density at radius 2 is 1.70 bits per heavy atom. The third-order valence-electron chi connectivity index (χ3n) is 2.73. The lowest BCUT2D eigenvalue weighted by molar-refractivity contribution is 0.0526. The molecule has 0 aliphatic rings. The molecule has 2 amide bonds. The summed E-state index contributed by atoms with van der Waals surface area (Å²) in [5, 5.41) is 5.26. The van der Waals surface area contributed by atoms with Crippen LogP contribution < -0.4 is 20.1 Å². The van der Waals surface area contributed by atoms with Crippen LogP contribution in [0.1, 0.15) is 31.1 Å². The Morgan fingerprint density at radius 1 is 1.04 bits per heavy atom. The maximum atomic E-state index is 12.2. The van der Waals surface area contributed by atoms with Crippen LogP contribution in [0.25, 0.3) is 0 Å². The Balaban J connectivity index is 2.51. The van der Waals surface area contributed by atoms with Crippen molar-refractivity contribution in [1.82, 2.24) is 10.6 Å². The van der Waals surface area contributed by atoms with Gasteiger partial charge in [0.05, 0.1) is 19.8 Å². The van der Waals surface area contributed by atoms with Crippen molar-refractivity contribution in [3.63, 3.8) is 0 Å². The van der Waals surface area contributed by atoms with Gasteiger partial charge in [0.2, 0.25) is 0 Å². The largest absolute Gasteiger partial charge is 0.493 e. The summed E-state index contributed by atoms with van der Waals surface area (Å²) >= 11 is 0. The van der Waals surface area contributed by atoms with Crippen molar-refractivity contribution >= 4 is 12.0 Å². The molecule has 1 aromatic carbocycles. The zero-order valence-corrected chi connectivity index (χ0v) is 14.2. The van der Waals surface area contributed by atoms with E-state index in [-0.39, 0.29) is 19.0 Å². The lowest BCUT2D eigenvalue weighted by atomic mass is 10.1. The number of hydrogen-bond acceptors (Lipinski definition) is 5. The number of nitrogens with one attached hydrogen (secondary N) is 2. The highest BCUT2D eigenvalue weighted by Crippen LogP contribution is 2.30. The van der Waals surface area contributed by atoms with E-state index in [1.54, 1.807) is 39.0 Å². The van der Waals surface area contributed by atoms with E-state index in [4.69, 9.17) is 14.2 Å². The molecule has 0 atom stereocenters. The van der Waals surface area contributed by atoms with Crippen molar-refractivity contribution in [2.24, 2.45) is 0 Å². The average Bonchev–Trinajstić information content (AvgIpc) is 2.48. The van der Waals surface area contributed by atoms with Gasteiger partial charge in [0.15, 0.2) is 11.5 Å². The summed E-state index contributed by atoms with van der Waals surface area (Å²) in [7, 11) is 2.98. The van der Waals surface area contributed by atoms with E-state index in [0.717, 1.165) is 0 Å². The summed E-state index contributed by atoms with van der Waals surface area (Å²) in [6.07, 6.45) is -0.522. The Hall–Kier alpha value is -2.44. The summed E-state index contributed by atoms with van der Waals surface area (Å²) in [6.45, 7) is 5.86. The number of alkyl carbamates (subject to hydrolysis) is 1. The molecule has 0 spiro atoms. The SMILES string of the molecule is COc1cccc(C(=O)NCCNC(=O)OC(C)(C)C)c1OC. The van der Waals surface area contributed by atoms with Crippen LogP contribution in [0.15, 0.2) is 18.2 Å². The summed E-state index contributed by atoms with van der Waals surface area (Å²) in [5.41, 5.74) is -0.189. The molecule has 0 radical (unpaired) electrons. The van der Waals surface area contributed by atoms with Crippen molar-refractivity contribution in [1.29, 1.82) is 0 Å². The number of carbonyl (C=O) groups is 2. The molecule has 0 unspecified atom stereocenters. The van der Waals surface area contributed by atoms with Crippen molar-refractivity contribution < 1.29 is 23.8 Å². The Labute approximate surface area is 136 Å². The van der Waals surface area contributed by atoms with Crippen LogP contribution in [-0.4, -0.2) is 44.9 Å². The van der Waals surface area contributed by atoms with Crippen LogP contribution in [0.4, 0.5) is 4.79 Å². The highest BCUT2D eigenvalue weighted by Gasteiger charge is 2.17. The molecule has 2 N–H and O–H groups in total. The van der Waals surface area contributed by atoms with Gasteiger partial charge >= 0.3 is 6.09 Å². The molecule has 128 valence electrons. The smallest absolute Gasteiger partial charge is 0.407 e. The molecule has 1 rings (SSSR count). The molecule has 0 saturated carbocycles. The molecule has 7 nitrogen and oxygen atoms in total. The summed E-state index contributed by atoms with van der Waals surface area (Å²) < 4.78 is 15.5. The van der Waals surface area contributed by atoms with Crippen molar-refractivity contribution in [2.45, 2.75) is 26.4 Å². The number of amides is 2. The lowest BCUT2D eigenvalue weighted by Crippen LogP contribution is -2.37. The van der Waals surface area contributed by atoms with Crippen LogP contribution >= 0.6 is 0 Å². The van der Waals surface area contributed by atoms with Crippen molar-refractivity contribution in [2.75, 3.05) is 27.3 Å². The van der Waals surface area contributed by atoms with Crippen LogP contribution in [0, 0.1) is 0 Å². The minimum absolute atomic E-state index is 0.257. The first-order valence-electron chi connectivity index (χ1n) is 7.24. The quantitative estimate of drug-likeness (QED) is 0.781. The number of benzene rings is 1. The van der Waals surface area contributed by atoms with E-state index in [1.165, 1.54) is 14.2 Å². The van der Waals surface area contributed by atoms with Gasteiger partial charge in [-0.2, -0.15) is 0 Å². The fourth-order valence-corrected chi connectivity index (χ4v) is 1.82. The molecule has 0 aliphatic heterocycles. The number of rotatable bonds is 6. The highest BCUT2D eigenvalue weighted by atomic mass is 16.6. The monoisotopic (exact) mass is 324 g/mol. The standard InChI is InChI=1S/C16H24N2O5/c1-16(2,3)23-15(20)18-10-9-17-14(19)11-7-6-8-12(21-4)13(11)22-5/h6-8H,9-10H2,1-5H3,(H,17,19)(H,18,20). The average molecular weight is 324 g/mol. The Bertz CT molecular complexity index is 552. The Morgan fingerprint density at radius 3 is 2.26 bits per heavy atom. The number of methoxy groups -OCH3 is 2. The van der Waals surface area contributed by atoms with Gasteiger partial charge in [-0.25, -0.2) is 4.79 Å². The second-order valence-electron chi connectivity index (χ2n) is 5.73. The molecule has 0 saturated heterocycles. The molecule has 0 aliphatic carbocycles. The number of ether oxygens (including phenoxy) is 3. The number of carbonyl (C=O) groups excluding carboxylic acids is 2. The van der Waals surface area contributed by atoms with E-state index in [2.05, 4.69) is 10.6 Å². The lowest BCUT2D eigenvalue weighted by Gasteiger charge is -2.19. The van der Waals surface area contributed by atoms with Gasteiger partial charge < -0.3 is 24.8 Å². The molecule has 7 heteroatoms. The fourth-order valence-electron chi connectivity index (χ4n) is 1.82. The minimum Gasteiger partial charge on any atom is -0.493 e. The zero-order valence-electron chi connectivity index (χ0n) is 14.2. The topological polar surface area (TPSA) is 85.9 Å². The highest BCUT2D eigenvalue weighted by molar-refractivity contribution is 5.97. The first-order valence-corrected chi connectivity index (χ1v) is 7.24. The molecular weight excluding hydrogens is 300 g/mol. The zero-order chi connectivity index (χ0) is 17.5. The molecule has 0 fully saturated rings. The molecule has 0 bridgehead atoms. The first kappa shape index (κ1) is 18.6. The van der Waals surface area contributed by atoms with Gasteiger partial charge in [0, 0.05) is 13.1 Å². The molecule has 1 aromatic rings. The van der Waals surface area contributed by atoms with Crippen LogP contribution in [0.3, 0.4) is 0 Å². The molecule has 0 aromatic heterocycles. The van der Waals surface area contributed by atoms with Crippen molar-refractivity contribution in [3.8, 4) is 11.5 Å². The van der Waals surface area contributed by atoms with Crippen LogP contribution in [-0.2, 0) is 4.74 Å². The van der Waals surface area contributed by atoms with E-state index in [0.29, 0.717) is 17.1 Å². The second kappa shape index (κ2) is 8.26. The van der Waals surface area contributed by atoms with Gasteiger partial charge in [-0.1, -0.05) is 6.07 Å². The van der Waals surface area contributed by atoms with E-state index >= 15 is 0 Å². The fraction of sp³-hybridized carbons (Fsp3) is 0.500. The summed E-state index contributed by atoms with van der Waals surface area (Å²) in [5.74, 6) is 0.534.